The molecule has 0 bridgehead atoms. The number of nitrogens with zero attached hydrogens (tertiary/aromatic N) is 1. The van der Waals surface area contributed by atoms with Crippen molar-refractivity contribution >= 4 is 33.7 Å². The minimum Gasteiger partial charge on any atom is -0.394 e. The van der Waals surface area contributed by atoms with E-state index in [-0.39, 0.29) is 25.8 Å². The van der Waals surface area contributed by atoms with Crippen LogP contribution in [0.25, 0.3) is 0 Å². The topological polar surface area (TPSA) is 174 Å². The number of aliphatic hydroxyl groups is 1. The molecule has 0 spiro atoms. The molecule has 5 N–H and O–H groups in total. The molecule has 5 atom stereocenters. The lowest BCUT2D eigenvalue weighted by Crippen LogP contribution is -2.60. The van der Waals surface area contributed by atoms with Crippen LogP contribution in [0.5, 0.6) is 0 Å². The van der Waals surface area contributed by atoms with Crippen molar-refractivity contribution in [1.82, 2.24) is 25.6 Å². The van der Waals surface area contributed by atoms with Crippen LogP contribution < -0.4 is 20.7 Å². The van der Waals surface area contributed by atoms with Gasteiger partial charge < -0.3 is 26.0 Å². The third-order valence-corrected chi connectivity index (χ3v) is 8.30. The number of nitrogens with one attached hydrogen (secondary N) is 4. The highest BCUT2D eigenvalue weighted by Gasteiger charge is 2.39. The van der Waals surface area contributed by atoms with Crippen molar-refractivity contribution in [2.75, 3.05) is 18.9 Å². The maximum Gasteiger partial charge on any atom is 0.245 e. The number of hydrogen-bond donors (Lipinski definition) is 5. The highest BCUT2D eigenvalue weighted by molar-refractivity contribution is 7.89. The molecule has 4 amide bonds. The molecular weight excluding hydrogens is 514 g/mol. The lowest BCUT2D eigenvalue weighted by atomic mass is 10.1. The van der Waals surface area contributed by atoms with Crippen molar-refractivity contribution in [3.63, 3.8) is 0 Å². The van der Waals surface area contributed by atoms with Gasteiger partial charge >= 0.3 is 0 Å². The summed E-state index contributed by atoms with van der Waals surface area (Å²) in [5.74, 6) is -3.02. The fourth-order valence-corrected chi connectivity index (χ4v) is 6.31. The number of rotatable bonds is 5. The van der Waals surface area contributed by atoms with E-state index in [4.69, 9.17) is 0 Å². The highest BCUT2D eigenvalue weighted by Crippen LogP contribution is 2.20. The number of benzene rings is 1. The van der Waals surface area contributed by atoms with Crippen LogP contribution in [0.1, 0.15) is 45.1 Å². The van der Waals surface area contributed by atoms with Crippen LogP contribution in [0.2, 0.25) is 0 Å². The Balaban J connectivity index is 1.97. The Bertz CT molecular complexity index is 1110. The largest absolute Gasteiger partial charge is 0.394 e. The van der Waals surface area contributed by atoms with Gasteiger partial charge in [-0.25, -0.2) is 13.1 Å². The zero-order valence-corrected chi connectivity index (χ0v) is 22.5. The van der Waals surface area contributed by atoms with Gasteiger partial charge in [0, 0.05) is 12.6 Å². The zero-order chi connectivity index (χ0) is 27.9. The second-order valence-electron chi connectivity index (χ2n) is 9.66. The Morgan fingerprint density at radius 2 is 1.53 bits per heavy atom. The quantitative estimate of drug-likeness (QED) is 0.305. The molecular formula is C25H37N5O7S. The van der Waals surface area contributed by atoms with Crippen LogP contribution in [0.4, 0.5) is 0 Å². The van der Waals surface area contributed by atoms with Gasteiger partial charge in [0.1, 0.15) is 24.2 Å². The SMILES string of the molecule is CCC1NC(=O)C2CCCN2C(=O)C(CC)NS(=O)(=O)CC(Cc2ccccc2)NC(=O)C(CO)NC1=O. The minimum atomic E-state index is -4.09. The molecule has 2 heterocycles. The molecule has 38 heavy (non-hydrogen) atoms. The van der Waals surface area contributed by atoms with E-state index in [9.17, 15) is 32.7 Å². The van der Waals surface area contributed by atoms with E-state index in [2.05, 4.69) is 20.7 Å². The summed E-state index contributed by atoms with van der Waals surface area (Å²) in [6, 6.07) is 3.75. The van der Waals surface area contributed by atoms with Crippen molar-refractivity contribution in [3.8, 4) is 0 Å². The number of aliphatic hydroxyl groups excluding tert-OH is 1. The molecule has 0 aromatic heterocycles. The number of sulfonamides is 1. The molecule has 0 radical (unpaired) electrons. The summed E-state index contributed by atoms with van der Waals surface area (Å²) in [5.41, 5.74) is 0.767. The second-order valence-corrected chi connectivity index (χ2v) is 11.5. The molecule has 2 aliphatic heterocycles. The summed E-state index contributed by atoms with van der Waals surface area (Å²) >= 11 is 0. The van der Waals surface area contributed by atoms with Gasteiger partial charge in [0.25, 0.3) is 0 Å². The maximum absolute atomic E-state index is 13.3. The van der Waals surface area contributed by atoms with Crippen LogP contribution in [0.3, 0.4) is 0 Å². The monoisotopic (exact) mass is 551 g/mol. The maximum atomic E-state index is 13.3. The predicted octanol–water partition coefficient (Wildman–Crippen LogP) is -1.21. The van der Waals surface area contributed by atoms with Gasteiger partial charge in [0.05, 0.1) is 12.4 Å². The first-order valence-corrected chi connectivity index (χ1v) is 14.6. The standard InChI is InChI=1S/C25H37N5O7S/c1-3-18-22(32)28-20(14-31)23(33)26-17(13-16-9-6-5-7-10-16)15-38(36,37)29-19(4-2)25(35)30-12-8-11-21(30)24(34)27-18/h5-7,9-10,17-21,29,31H,3-4,8,11-15H2,1-2H3,(H,26,33)(H,27,34)(H,28,32). The van der Waals surface area contributed by atoms with Crippen molar-refractivity contribution in [1.29, 1.82) is 0 Å². The normalized spacial score (nSPS) is 29.2. The Morgan fingerprint density at radius 3 is 2.16 bits per heavy atom. The van der Waals surface area contributed by atoms with E-state index in [1.165, 1.54) is 4.90 Å². The molecule has 13 heteroatoms. The van der Waals surface area contributed by atoms with Crippen LogP contribution in [-0.2, 0) is 35.6 Å². The van der Waals surface area contributed by atoms with Crippen molar-refractivity contribution in [2.45, 2.75) is 76.2 Å². The van der Waals surface area contributed by atoms with Gasteiger partial charge in [-0.05, 0) is 37.7 Å². The second kappa shape index (κ2) is 13.2. The molecule has 2 saturated heterocycles. The zero-order valence-electron chi connectivity index (χ0n) is 21.7. The van der Waals surface area contributed by atoms with Crippen molar-refractivity contribution < 1.29 is 32.7 Å². The van der Waals surface area contributed by atoms with Gasteiger partial charge in [-0.3, -0.25) is 19.2 Å². The molecule has 12 nitrogen and oxygen atoms in total. The third-order valence-electron chi connectivity index (χ3n) is 6.82. The number of fused-ring (bicyclic) bond motifs is 1. The Morgan fingerprint density at radius 1 is 0.895 bits per heavy atom. The van der Waals surface area contributed by atoms with E-state index in [0.717, 1.165) is 5.56 Å². The number of carbonyl (C=O) groups is 4. The lowest BCUT2D eigenvalue weighted by molar-refractivity contribution is -0.141. The smallest absolute Gasteiger partial charge is 0.245 e. The van der Waals surface area contributed by atoms with Crippen LogP contribution in [0, 0.1) is 0 Å². The van der Waals surface area contributed by atoms with Crippen molar-refractivity contribution in [2.24, 2.45) is 0 Å². The molecule has 210 valence electrons. The average Bonchev–Trinajstić information content (AvgIpc) is 3.38. The number of hydrogen-bond acceptors (Lipinski definition) is 7. The van der Waals surface area contributed by atoms with Gasteiger partial charge in [0.2, 0.25) is 33.7 Å². The molecule has 0 saturated carbocycles. The van der Waals surface area contributed by atoms with Gasteiger partial charge in [-0.15, -0.1) is 0 Å². The average molecular weight is 552 g/mol. The van der Waals surface area contributed by atoms with E-state index >= 15 is 0 Å². The first kappa shape index (κ1) is 29.5. The van der Waals surface area contributed by atoms with E-state index < -0.39 is 76.2 Å². The lowest BCUT2D eigenvalue weighted by Gasteiger charge is -2.30. The van der Waals surface area contributed by atoms with E-state index in [0.29, 0.717) is 12.8 Å². The minimum absolute atomic E-state index is 0.158. The summed E-state index contributed by atoms with van der Waals surface area (Å²) in [4.78, 5) is 53.7. The van der Waals surface area contributed by atoms with Crippen LogP contribution >= 0.6 is 0 Å². The van der Waals surface area contributed by atoms with Gasteiger partial charge in [-0.1, -0.05) is 44.2 Å². The van der Waals surface area contributed by atoms with Gasteiger partial charge in [0.15, 0.2) is 0 Å². The summed E-state index contributed by atoms with van der Waals surface area (Å²) in [5, 5.41) is 17.6. The predicted molar refractivity (Wildman–Crippen MR) is 139 cm³/mol. The molecule has 2 aliphatic rings. The Hall–Kier alpha value is -3.03. The molecule has 1 aromatic rings. The number of carbonyl (C=O) groups excluding carboxylic acids is 4. The fourth-order valence-electron chi connectivity index (χ4n) is 4.78. The fraction of sp³-hybridized carbons (Fsp3) is 0.600. The third kappa shape index (κ3) is 7.51. The van der Waals surface area contributed by atoms with E-state index in [1.807, 2.05) is 6.07 Å². The Labute approximate surface area is 223 Å². The highest BCUT2D eigenvalue weighted by atomic mass is 32.2. The first-order valence-electron chi connectivity index (χ1n) is 12.9. The van der Waals surface area contributed by atoms with Crippen LogP contribution in [-0.4, -0.2) is 91.2 Å². The van der Waals surface area contributed by atoms with Crippen LogP contribution in [0.15, 0.2) is 30.3 Å². The molecule has 2 fully saturated rings. The summed E-state index contributed by atoms with van der Waals surface area (Å²) in [7, 11) is -4.09. The van der Waals surface area contributed by atoms with E-state index in [1.54, 1.807) is 38.1 Å². The Kier molecular flexibility index (Phi) is 10.2. The van der Waals surface area contributed by atoms with Gasteiger partial charge in [-0.2, -0.15) is 0 Å². The number of amides is 4. The summed E-state index contributed by atoms with van der Waals surface area (Å²) < 4.78 is 28.9. The van der Waals surface area contributed by atoms with Crippen molar-refractivity contribution in [3.05, 3.63) is 35.9 Å². The molecule has 0 aliphatic carbocycles. The molecule has 1 aromatic carbocycles. The summed E-state index contributed by atoms with van der Waals surface area (Å²) in [6.07, 6.45) is 1.46. The molecule has 3 rings (SSSR count). The first-order chi connectivity index (χ1) is 18.1. The summed E-state index contributed by atoms with van der Waals surface area (Å²) in [6.45, 7) is 2.92. The molecule has 5 unspecified atom stereocenters.